The lowest BCUT2D eigenvalue weighted by atomic mass is 10.1. The average molecular weight is 616 g/mol. The van der Waals surface area contributed by atoms with Gasteiger partial charge in [-0.3, -0.25) is 13.8 Å². The Morgan fingerprint density at radius 1 is 0.721 bits per heavy atom. The molecule has 0 heterocycles. The summed E-state index contributed by atoms with van der Waals surface area (Å²) in [6.45, 7) is 1.77. The highest BCUT2D eigenvalue weighted by molar-refractivity contribution is 7.93. The van der Waals surface area contributed by atoms with E-state index in [4.69, 9.17) is 4.74 Å². The summed E-state index contributed by atoms with van der Waals surface area (Å²) >= 11 is 0. The molecule has 0 unspecified atom stereocenters. The quantitative estimate of drug-likeness (QED) is 0.192. The molecule has 220 valence electrons. The number of anilines is 3. The highest BCUT2D eigenvalue weighted by Crippen LogP contribution is 2.28. The van der Waals surface area contributed by atoms with E-state index in [1.807, 2.05) is 37.3 Å². The van der Waals surface area contributed by atoms with Gasteiger partial charge < -0.3 is 10.1 Å². The second-order valence-corrected chi connectivity index (χ2v) is 13.0. The van der Waals surface area contributed by atoms with Crippen molar-refractivity contribution in [3.05, 3.63) is 121 Å². The molecule has 0 bridgehead atoms. The van der Waals surface area contributed by atoms with Gasteiger partial charge in [0, 0.05) is 11.1 Å². The first-order chi connectivity index (χ1) is 20.7. The van der Waals surface area contributed by atoms with Crippen molar-refractivity contribution >= 4 is 53.8 Å². The summed E-state index contributed by atoms with van der Waals surface area (Å²) in [6, 6.07) is 32.7. The van der Waals surface area contributed by atoms with Gasteiger partial charge in [-0.15, -0.1) is 0 Å². The van der Waals surface area contributed by atoms with E-state index >= 15 is 0 Å². The Labute approximate surface area is 250 Å². The molecule has 1 amide bonds. The van der Waals surface area contributed by atoms with Gasteiger partial charge in [-0.2, -0.15) is 0 Å². The van der Waals surface area contributed by atoms with Gasteiger partial charge in [-0.1, -0.05) is 54.6 Å². The summed E-state index contributed by atoms with van der Waals surface area (Å²) < 4.78 is 62.4. The van der Waals surface area contributed by atoms with Crippen molar-refractivity contribution in [2.45, 2.75) is 16.7 Å². The van der Waals surface area contributed by atoms with Crippen LogP contribution in [0.3, 0.4) is 0 Å². The van der Waals surface area contributed by atoms with E-state index in [9.17, 15) is 21.6 Å². The molecule has 0 fully saturated rings. The number of hydrogen-bond donors (Lipinski definition) is 2. The number of fused-ring (bicyclic) bond motifs is 1. The molecule has 2 N–H and O–H groups in total. The number of benzene rings is 5. The van der Waals surface area contributed by atoms with Gasteiger partial charge in [0.25, 0.3) is 20.0 Å². The molecule has 43 heavy (non-hydrogen) atoms. The number of ether oxygens (including phenoxy) is 1. The third kappa shape index (κ3) is 6.79. The molecule has 0 aliphatic carbocycles. The Balaban J connectivity index is 1.34. The predicted octanol–water partition coefficient (Wildman–Crippen LogP) is 5.87. The Morgan fingerprint density at radius 2 is 1.37 bits per heavy atom. The number of amides is 1. The number of sulfonamides is 2. The maximum Gasteiger partial charge on any atom is 0.264 e. The second kappa shape index (κ2) is 12.6. The Kier molecular flexibility index (Phi) is 8.65. The van der Waals surface area contributed by atoms with Crippen molar-refractivity contribution < 1.29 is 26.4 Å². The number of nitrogens with one attached hydrogen (secondary N) is 2. The van der Waals surface area contributed by atoms with Gasteiger partial charge in [0.1, 0.15) is 12.3 Å². The van der Waals surface area contributed by atoms with Crippen molar-refractivity contribution in [2.75, 3.05) is 27.5 Å². The SMILES string of the molecule is CCOc1ccc(N(CC(=O)Nc2ccc(S(=O)(=O)Nc3cccc4ccccc34)cc2)S(=O)(=O)c2ccccc2)cc1. The van der Waals surface area contributed by atoms with Crippen LogP contribution in [0.2, 0.25) is 0 Å². The van der Waals surface area contributed by atoms with Crippen LogP contribution in [0.5, 0.6) is 5.75 Å². The molecule has 5 rings (SSSR count). The minimum Gasteiger partial charge on any atom is -0.494 e. The Morgan fingerprint density at radius 3 is 2.07 bits per heavy atom. The molecular weight excluding hydrogens is 587 g/mol. The molecule has 0 atom stereocenters. The number of nitrogens with zero attached hydrogens (tertiary/aromatic N) is 1. The van der Waals surface area contributed by atoms with Crippen molar-refractivity contribution in [1.29, 1.82) is 0 Å². The van der Waals surface area contributed by atoms with E-state index < -0.39 is 32.5 Å². The van der Waals surface area contributed by atoms with Crippen LogP contribution < -0.4 is 19.1 Å². The van der Waals surface area contributed by atoms with Crippen molar-refractivity contribution in [1.82, 2.24) is 0 Å². The van der Waals surface area contributed by atoms with Crippen LogP contribution in [0.25, 0.3) is 10.8 Å². The van der Waals surface area contributed by atoms with E-state index in [-0.39, 0.29) is 15.5 Å². The minimum absolute atomic E-state index is 0.00102. The number of carbonyl (C=O) groups is 1. The molecule has 0 saturated heterocycles. The molecule has 0 aromatic heterocycles. The molecular formula is C32H29N3O6S2. The van der Waals surface area contributed by atoms with E-state index in [0.717, 1.165) is 15.1 Å². The predicted molar refractivity (Wildman–Crippen MR) is 168 cm³/mol. The van der Waals surface area contributed by atoms with Crippen LogP contribution in [0.1, 0.15) is 6.92 Å². The standard InChI is InChI=1S/C32H29N3O6S2/c1-2-41-27-19-17-26(18-20-27)35(43(39,40)29-11-4-3-5-12-29)23-32(36)33-25-15-21-28(22-16-25)42(37,38)34-31-14-8-10-24-9-6-7-13-30(24)31/h3-22,34H,2,23H2,1H3,(H,33,36). The summed E-state index contributed by atoms with van der Waals surface area (Å²) in [5.74, 6) is -0.0457. The molecule has 0 aliphatic rings. The first kappa shape index (κ1) is 29.6. The maximum atomic E-state index is 13.6. The zero-order valence-corrected chi connectivity index (χ0v) is 24.8. The summed E-state index contributed by atoms with van der Waals surface area (Å²) in [5, 5.41) is 4.33. The Hall–Kier alpha value is -4.87. The fourth-order valence-electron chi connectivity index (χ4n) is 4.48. The zero-order chi connectivity index (χ0) is 30.5. The maximum absolute atomic E-state index is 13.6. The van der Waals surface area contributed by atoms with E-state index in [2.05, 4.69) is 10.0 Å². The molecule has 0 radical (unpaired) electrons. The van der Waals surface area contributed by atoms with Crippen LogP contribution in [-0.4, -0.2) is 35.9 Å². The highest BCUT2D eigenvalue weighted by Gasteiger charge is 2.27. The fourth-order valence-corrected chi connectivity index (χ4v) is 7.00. The van der Waals surface area contributed by atoms with Crippen LogP contribution in [0.15, 0.2) is 131 Å². The number of hydrogen-bond acceptors (Lipinski definition) is 6. The monoisotopic (exact) mass is 615 g/mol. The summed E-state index contributed by atoms with van der Waals surface area (Å²) in [5.41, 5.74) is 1.03. The third-order valence-electron chi connectivity index (χ3n) is 6.54. The van der Waals surface area contributed by atoms with Crippen LogP contribution >= 0.6 is 0 Å². The summed E-state index contributed by atoms with van der Waals surface area (Å²) in [6.07, 6.45) is 0. The highest BCUT2D eigenvalue weighted by atomic mass is 32.2. The third-order valence-corrected chi connectivity index (χ3v) is 9.71. The minimum atomic E-state index is -4.09. The molecule has 9 nitrogen and oxygen atoms in total. The second-order valence-electron chi connectivity index (χ2n) is 9.46. The fraction of sp³-hybridized carbons (Fsp3) is 0.0938. The van der Waals surface area contributed by atoms with Gasteiger partial charge in [-0.25, -0.2) is 16.8 Å². The average Bonchev–Trinajstić information content (AvgIpc) is 3.01. The largest absolute Gasteiger partial charge is 0.494 e. The normalized spacial score (nSPS) is 11.6. The van der Waals surface area contributed by atoms with E-state index in [1.165, 1.54) is 36.4 Å². The van der Waals surface area contributed by atoms with Gasteiger partial charge in [-0.05, 0) is 79.0 Å². The van der Waals surface area contributed by atoms with Gasteiger partial charge in [0.05, 0.1) is 27.8 Å². The van der Waals surface area contributed by atoms with Gasteiger partial charge >= 0.3 is 0 Å². The lowest BCUT2D eigenvalue weighted by Crippen LogP contribution is -2.38. The Bertz CT molecular complexity index is 1940. The van der Waals surface area contributed by atoms with Crippen LogP contribution in [0, 0.1) is 0 Å². The van der Waals surface area contributed by atoms with Crippen molar-refractivity contribution in [2.24, 2.45) is 0 Å². The van der Waals surface area contributed by atoms with Gasteiger partial charge in [0.15, 0.2) is 0 Å². The molecule has 0 saturated carbocycles. The van der Waals surface area contributed by atoms with Crippen LogP contribution in [-0.2, 0) is 24.8 Å². The van der Waals surface area contributed by atoms with Crippen molar-refractivity contribution in [3.63, 3.8) is 0 Å². The van der Waals surface area contributed by atoms with Crippen molar-refractivity contribution in [3.8, 4) is 5.75 Å². The number of rotatable bonds is 11. The number of carbonyl (C=O) groups excluding carboxylic acids is 1. The first-order valence-electron chi connectivity index (χ1n) is 13.4. The molecule has 0 spiro atoms. The zero-order valence-electron chi connectivity index (χ0n) is 23.2. The lowest BCUT2D eigenvalue weighted by molar-refractivity contribution is -0.114. The topological polar surface area (TPSA) is 122 Å². The van der Waals surface area contributed by atoms with Crippen LogP contribution in [0.4, 0.5) is 17.1 Å². The van der Waals surface area contributed by atoms with Gasteiger partial charge in [0.2, 0.25) is 5.91 Å². The smallest absolute Gasteiger partial charge is 0.264 e. The molecule has 11 heteroatoms. The first-order valence-corrected chi connectivity index (χ1v) is 16.3. The molecule has 5 aromatic carbocycles. The van der Waals surface area contributed by atoms with E-state index in [1.54, 1.807) is 54.6 Å². The lowest BCUT2D eigenvalue weighted by Gasteiger charge is -2.24. The summed E-state index contributed by atoms with van der Waals surface area (Å²) in [7, 11) is -8.02. The summed E-state index contributed by atoms with van der Waals surface area (Å²) in [4.78, 5) is 13.2. The molecule has 5 aromatic rings. The van der Waals surface area contributed by atoms with E-state index in [0.29, 0.717) is 23.7 Å². The molecule has 0 aliphatic heterocycles.